The van der Waals surface area contributed by atoms with E-state index in [0.717, 1.165) is 18.4 Å². The lowest BCUT2D eigenvalue weighted by atomic mass is 9.80. The van der Waals surface area contributed by atoms with Crippen molar-refractivity contribution < 1.29 is 9.18 Å². The molecule has 1 aromatic carbocycles. The maximum atomic E-state index is 13.1. The van der Waals surface area contributed by atoms with Crippen LogP contribution in [-0.4, -0.2) is 29.7 Å². The van der Waals surface area contributed by atoms with Crippen molar-refractivity contribution in [1.29, 1.82) is 0 Å². The van der Waals surface area contributed by atoms with Gasteiger partial charge in [-0.25, -0.2) is 9.18 Å². The van der Waals surface area contributed by atoms with E-state index in [1.807, 2.05) is 6.07 Å². The number of carbonyl (C=O) groups excluding carboxylic acids is 1. The minimum Gasteiger partial charge on any atom is -0.338 e. The number of hydrogen-bond donors (Lipinski definition) is 3. The molecule has 23 heavy (non-hydrogen) atoms. The summed E-state index contributed by atoms with van der Waals surface area (Å²) in [5.74, 6) is -0.244. The highest BCUT2D eigenvalue weighted by molar-refractivity contribution is 5.74. The molecule has 0 spiro atoms. The van der Waals surface area contributed by atoms with E-state index >= 15 is 0 Å². The average Bonchev–Trinajstić information content (AvgIpc) is 2.34. The quantitative estimate of drug-likeness (QED) is 0.798. The molecular formula is C18H28FN3O. The van der Waals surface area contributed by atoms with Crippen LogP contribution >= 0.6 is 0 Å². The number of amides is 2. The molecule has 128 valence electrons. The fraction of sp³-hybridized carbons (Fsp3) is 0.611. The third kappa shape index (κ3) is 5.82. The number of carbonyl (C=O) groups is 1. The molecule has 1 aliphatic heterocycles. The zero-order chi connectivity index (χ0) is 17.1. The summed E-state index contributed by atoms with van der Waals surface area (Å²) in [5, 5.41) is 9.52. The lowest BCUT2D eigenvalue weighted by Crippen LogP contribution is -2.62. The summed E-state index contributed by atoms with van der Waals surface area (Å²) >= 11 is 0. The maximum absolute atomic E-state index is 13.1. The fourth-order valence-electron chi connectivity index (χ4n) is 3.67. The summed E-state index contributed by atoms with van der Waals surface area (Å²) in [6.45, 7) is 9.12. The Balaban J connectivity index is 1.78. The predicted octanol–water partition coefficient (Wildman–Crippen LogP) is 2.98. The molecule has 2 rings (SSSR count). The van der Waals surface area contributed by atoms with E-state index in [9.17, 15) is 9.18 Å². The minimum absolute atomic E-state index is 0.00125. The van der Waals surface area contributed by atoms with Crippen molar-refractivity contribution in [1.82, 2.24) is 16.0 Å². The van der Waals surface area contributed by atoms with E-state index in [1.165, 1.54) is 12.1 Å². The Kier molecular flexibility index (Phi) is 5.30. The Morgan fingerprint density at radius 1 is 1.26 bits per heavy atom. The van der Waals surface area contributed by atoms with Crippen molar-refractivity contribution in [2.75, 3.05) is 6.54 Å². The average molecular weight is 321 g/mol. The standard InChI is InChI=1S/C18H28FN3O/c1-17(2)11-15(12-18(3,4)22-17)21-16(23)20-9-8-13-6-5-7-14(19)10-13/h5-7,10,15,22H,8-9,11-12H2,1-4H3,(H2,20,21,23). The molecule has 0 aromatic heterocycles. The highest BCUT2D eigenvalue weighted by atomic mass is 19.1. The van der Waals surface area contributed by atoms with Crippen molar-refractivity contribution in [2.45, 2.75) is 64.1 Å². The molecule has 1 aromatic rings. The highest BCUT2D eigenvalue weighted by Gasteiger charge is 2.38. The number of benzene rings is 1. The SMILES string of the molecule is CC1(C)CC(NC(=O)NCCc2cccc(F)c2)CC(C)(C)N1. The first-order valence-electron chi connectivity index (χ1n) is 8.23. The first kappa shape index (κ1) is 17.7. The summed E-state index contributed by atoms with van der Waals surface area (Å²) in [5.41, 5.74) is 0.886. The third-order valence-electron chi connectivity index (χ3n) is 4.11. The van der Waals surface area contributed by atoms with Crippen molar-refractivity contribution in [2.24, 2.45) is 0 Å². The molecule has 0 radical (unpaired) electrons. The van der Waals surface area contributed by atoms with Crippen LogP contribution in [0.25, 0.3) is 0 Å². The van der Waals surface area contributed by atoms with Crippen LogP contribution in [0.2, 0.25) is 0 Å². The molecule has 0 aliphatic carbocycles. The number of halogens is 1. The van der Waals surface area contributed by atoms with Crippen molar-refractivity contribution in [3.05, 3.63) is 35.6 Å². The van der Waals surface area contributed by atoms with Crippen molar-refractivity contribution in [3.8, 4) is 0 Å². The second-order valence-corrected chi connectivity index (χ2v) is 7.78. The van der Waals surface area contributed by atoms with Gasteiger partial charge in [-0.1, -0.05) is 12.1 Å². The highest BCUT2D eigenvalue weighted by Crippen LogP contribution is 2.28. The Labute approximate surface area is 138 Å². The Morgan fingerprint density at radius 2 is 1.91 bits per heavy atom. The topological polar surface area (TPSA) is 53.2 Å². The van der Waals surface area contributed by atoms with Crippen LogP contribution in [0.4, 0.5) is 9.18 Å². The lowest BCUT2D eigenvalue weighted by Gasteiger charge is -2.46. The minimum atomic E-state index is -0.244. The summed E-state index contributed by atoms with van der Waals surface area (Å²) < 4.78 is 13.1. The Hall–Kier alpha value is -1.62. The molecule has 4 nitrogen and oxygen atoms in total. The summed E-state index contributed by atoms with van der Waals surface area (Å²) in [4.78, 5) is 12.1. The number of hydrogen-bond acceptors (Lipinski definition) is 2. The van der Waals surface area contributed by atoms with Gasteiger partial charge in [0.25, 0.3) is 0 Å². The zero-order valence-corrected chi connectivity index (χ0v) is 14.5. The van der Waals surface area contributed by atoms with Crippen LogP contribution in [0.1, 0.15) is 46.1 Å². The number of rotatable bonds is 4. The first-order chi connectivity index (χ1) is 10.7. The van der Waals surface area contributed by atoms with E-state index in [0.29, 0.717) is 13.0 Å². The van der Waals surface area contributed by atoms with Crippen LogP contribution < -0.4 is 16.0 Å². The molecule has 0 bridgehead atoms. The largest absolute Gasteiger partial charge is 0.338 e. The number of urea groups is 1. The van der Waals surface area contributed by atoms with Crippen LogP contribution in [-0.2, 0) is 6.42 Å². The molecule has 3 N–H and O–H groups in total. The molecule has 1 heterocycles. The smallest absolute Gasteiger partial charge is 0.315 e. The summed E-state index contributed by atoms with van der Waals surface area (Å²) in [6.07, 6.45) is 2.41. The molecule has 5 heteroatoms. The van der Waals surface area contributed by atoms with Gasteiger partial charge in [0.05, 0.1) is 0 Å². The van der Waals surface area contributed by atoms with E-state index in [4.69, 9.17) is 0 Å². The van der Waals surface area contributed by atoms with Gasteiger partial charge in [-0.15, -0.1) is 0 Å². The van der Waals surface area contributed by atoms with Gasteiger partial charge in [0.2, 0.25) is 0 Å². The second-order valence-electron chi connectivity index (χ2n) is 7.78. The van der Waals surface area contributed by atoms with Crippen molar-refractivity contribution >= 4 is 6.03 Å². The summed E-state index contributed by atoms with van der Waals surface area (Å²) in [7, 11) is 0. The van der Waals surface area contributed by atoms with E-state index in [2.05, 4.69) is 43.6 Å². The fourth-order valence-corrected chi connectivity index (χ4v) is 3.67. The van der Waals surface area contributed by atoms with Crippen LogP contribution in [0.3, 0.4) is 0 Å². The Bertz CT molecular complexity index is 541. The van der Waals surface area contributed by atoms with Crippen molar-refractivity contribution in [3.63, 3.8) is 0 Å². The normalized spacial score (nSPS) is 20.0. The van der Waals surface area contributed by atoms with E-state index in [-0.39, 0.29) is 29.0 Å². The van der Waals surface area contributed by atoms with Crippen LogP contribution in [0.5, 0.6) is 0 Å². The molecule has 1 saturated heterocycles. The van der Waals surface area contributed by atoms with Crippen LogP contribution in [0.15, 0.2) is 24.3 Å². The van der Waals surface area contributed by atoms with Gasteiger partial charge < -0.3 is 16.0 Å². The Morgan fingerprint density at radius 3 is 2.52 bits per heavy atom. The van der Waals surface area contributed by atoms with Gasteiger partial charge in [-0.2, -0.15) is 0 Å². The molecule has 0 unspecified atom stereocenters. The van der Waals surface area contributed by atoms with Gasteiger partial charge in [0, 0.05) is 23.7 Å². The zero-order valence-electron chi connectivity index (χ0n) is 14.5. The number of piperidine rings is 1. The molecule has 1 aliphatic rings. The molecule has 0 atom stereocenters. The second kappa shape index (κ2) is 6.87. The lowest BCUT2D eigenvalue weighted by molar-refractivity contribution is 0.147. The van der Waals surface area contributed by atoms with Gasteiger partial charge in [-0.3, -0.25) is 0 Å². The number of nitrogens with one attached hydrogen (secondary N) is 3. The van der Waals surface area contributed by atoms with Gasteiger partial charge in [0.15, 0.2) is 0 Å². The van der Waals surface area contributed by atoms with Gasteiger partial charge in [-0.05, 0) is 64.7 Å². The molecule has 1 fully saturated rings. The van der Waals surface area contributed by atoms with E-state index in [1.54, 1.807) is 6.07 Å². The third-order valence-corrected chi connectivity index (χ3v) is 4.11. The summed E-state index contributed by atoms with van der Waals surface area (Å²) in [6, 6.07) is 6.46. The van der Waals surface area contributed by atoms with Gasteiger partial charge in [0.1, 0.15) is 5.82 Å². The van der Waals surface area contributed by atoms with Crippen LogP contribution in [0, 0.1) is 5.82 Å². The van der Waals surface area contributed by atoms with Gasteiger partial charge >= 0.3 is 6.03 Å². The molecule has 0 saturated carbocycles. The first-order valence-corrected chi connectivity index (χ1v) is 8.23. The van der Waals surface area contributed by atoms with E-state index < -0.39 is 0 Å². The maximum Gasteiger partial charge on any atom is 0.315 e. The monoisotopic (exact) mass is 321 g/mol. The molecule has 2 amide bonds. The predicted molar refractivity (Wildman–Crippen MR) is 91.0 cm³/mol. The molecular weight excluding hydrogens is 293 g/mol.